The molecule has 5 nitrogen and oxygen atoms in total. The van der Waals surface area contributed by atoms with Crippen molar-refractivity contribution in [3.05, 3.63) is 54.1 Å². The molecule has 0 atom stereocenters. The van der Waals surface area contributed by atoms with Crippen molar-refractivity contribution < 1.29 is 9.59 Å². The minimum Gasteiger partial charge on any atom is -0.342 e. The third-order valence-electron chi connectivity index (χ3n) is 6.13. The van der Waals surface area contributed by atoms with Crippen LogP contribution in [0.2, 0.25) is 0 Å². The second-order valence-corrected chi connectivity index (χ2v) is 9.31. The van der Waals surface area contributed by atoms with E-state index < -0.39 is 0 Å². The molecule has 2 fully saturated rings. The van der Waals surface area contributed by atoms with Crippen molar-refractivity contribution in [3.8, 4) is 0 Å². The lowest BCUT2D eigenvalue weighted by Gasteiger charge is -2.34. The number of aromatic nitrogens is 1. The molecule has 3 aromatic rings. The number of thiazole rings is 1. The first-order chi connectivity index (χ1) is 14.6. The zero-order valence-electron chi connectivity index (χ0n) is 17.1. The van der Waals surface area contributed by atoms with Gasteiger partial charge in [0.05, 0.1) is 15.9 Å². The molecule has 6 heteroatoms. The van der Waals surface area contributed by atoms with Gasteiger partial charge in [-0.3, -0.25) is 14.5 Å². The summed E-state index contributed by atoms with van der Waals surface area (Å²) >= 11 is 1.55. The predicted molar refractivity (Wildman–Crippen MR) is 120 cm³/mol. The lowest BCUT2D eigenvalue weighted by molar-refractivity contribution is -0.135. The van der Waals surface area contributed by atoms with Gasteiger partial charge in [-0.15, -0.1) is 0 Å². The first-order valence-electron chi connectivity index (χ1n) is 10.7. The Labute approximate surface area is 180 Å². The normalized spacial score (nSPS) is 17.3. The van der Waals surface area contributed by atoms with Crippen LogP contribution in [-0.4, -0.2) is 34.8 Å². The van der Waals surface area contributed by atoms with Gasteiger partial charge in [0.1, 0.15) is 0 Å². The zero-order chi connectivity index (χ0) is 20.7. The van der Waals surface area contributed by atoms with E-state index in [1.54, 1.807) is 11.3 Å². The van der Waals surface area contributed by atoms with Crippen LogP contribution in [-0.2, 0) is 9.59 Å². The summed E-state index contributed by atoms with van der Waals surface area (Å²) in [6, 6.07) is 16.0. The van der Waals surface area contributed by atoms with E-state index in [9.17, 15) is 9.59 Å². The highest BCUT2D eigenvalue weighted by atomic mass is 32.1. The molecular weight excluding hydrogens is 394 g/mol. The Bertz CT molecular complexity index is 1060. The van der Waals surface area contributed by atoms with Gasteiger partial charge in [0.2, 0.25) is 11.8 Å². The Morgan fingerprint density at radius 2 is 1.67 bits per heavy atom. The summed E-state index contributed by atoms with van der Waals surface area (Å²) in [5.41, 5.74) is 2.85. The van der Waals surface area contributed by atoms with E-state index in [2.05, 4.69) is 0 Å². The molecule has 0 bridgehead atoms. The van der Waals surface area contributed by atoms with Crippen molar-refractivity contribution >= 4 is 44.2 Å². The number of hydrogen-bond acceptors (Lipinski definition) is 4. The molecule has 0 radical (unpaired) electrons. The Morgan fingerprint density at radius 1 is 0.967 bits per heavy atom. The van der Waals surface area contributed by atoms with Gasteiger partial charge < -0.3 is 4.90 Å². The smallest absolute Gasteiger partial charge is 0.236 e. The monoisotopic (exact) mass is 419 g/mol. The molecule has 2 aromatic carbocycles. The van der Waals surface area contributed by atoms with E-state index in [4.69, 9.17) is 4.98 Å². The number of aryl methyl sites for hydroxylation is 1. The van der Waals surface area contributed by atoms with Gasteiger partial charge in [-0.1, -0.05) is 41.7 Å². The molecule has 154 valence electrons. The molecule has 5 rings (SSSR count). The number of fused-ring (bicyclic) bond motifs is 1. The van der Waals surface area contributed by atoms with Gasteiger partial charge >= 0.3 is 0 Å². The molecule has 2 amide bonds. The summed E-state index contributed by atoms with van der Waals surface area (Å²) in [6.07, 6.45) is 3.47. The van der Waals surface area contributed by atoms with Crippen molar-refractivity contribution in [2.75, 3.05) is 18.0 Å². The second-order valence-electron chi connectivity index (χ2n) is 8.30. The summed E-state index contributed by atoms with van der Waals surface area (Å²) in [5, 5.41) is 0.715. The third kappa shape index (κ3) is 3.60. The summed E-state index contributed by atoms with van der Waals surface area (Å²) in [5.74, 6) is 0.507. The maximum absolute atomic E-state index is 13.7. The number of carbonyl (C=O) groups is 2. The Kier molecular flexibility index (Phi) is 5.03. The van der Waals surface area contributed by atoms with Gasteiger partial charge in [0.15, 0.2) is 5.13 Å². The van der Waals surface area contributed by atoms with Crippen LogP contribution in [0.5, 0.6) is 0 Å². The molecule has 1 saturated heterocycles. The van der Waals surface area contributed by atoms with Crippen LogP contribution in [0.4, 0.5) is 10.8 Å². The topological polar surface area (TPSA) is 53.5 Å². The average Bonchev–Trinajstić information content (AvgIpc) is 3.54. The van der Waals surface area contributed by atoms with Gasteiger partial charge in [0, 0.05) is 24.9 Å². The van der Waals surface area contributed by atoms with Crippen molar-refractivity contribution in [2.24, 2.45) is 11.8 Å². The molecule has 0 spiro atoms. The fourth-order valence-corrected chi connectivity index (χ4v) is 5.19. The molecule has 1 aliphatic heterocycles. The summed E-state index contributed by atoms with van der Waals surface area (Å²) in [6.45, 7) is 3.38. The Hall–Kier alpha value is -2.73. The molecule has 30 heavy (non-hydrogen) atoms. The van der Waals surface area contributed by atoms with Crippen LogP contribution in [0.25, 0.3) is 10.2 Å². The van der Waals surface area contributed by atoms with E-state index in [-0.39, 0.29) is 23.7 Å². The largest absolute Gasteiger partial charge is 0.342 e. The molecule has 0 unspecified atom stereocenters. The summed E-state index contributed by atoms with van der Waals surface area (Å²) in [7, 11) is 0. The first kappa shape index (κ1) is 19.2. The van der Waals surface area contributed by atoms with E-state index >= 15 is 0 Å². The number of likely N-dealkylation sites (tertiary alicyclic amines) is 1. The van der Waals surface area contributed by atoms with Crippen LogP contribution in [0.3, 0.4) is 0 Å². The van der Waals surface area contributed by atoms with Crippen molar-refractivity contribution in [3.63, 3.8) is 0 Å². The number of benzene rings is 2. The lowest BCUT2D eigenvalue weighted by Crippen LogP contribution is -2.44. The lowest BCUT2D eigenvalue weighted by atomic mass is 9.94. The minimum absolute atomic E-state index is 0.0851. The number of amides is 2. The maximum atomic E-state index is 13.7. The van der Waals surface area contributed by atoms with E-state index in [1.807, 2.05) is 65.3 Å². The number of carbonyl (C=O) groups excluding carboxylic acids is 2. The highest BCUT2D eigenvalue weighted by molar-refractivity contribution is 7.22. The second kappa shape index (κ2) is 7.84. The highest BCUT2D eigenvalue weighted by Crippen LogP contribution is 2.38. The van der Waals surface area contributed by atoms with Gasteiger partial charge in [-0.05, 0) is 56.4 Å². The number of rotatable bonds is 4. The predicted octanol–water partition coefficient (Wildman–Crippen LogP) is 4.92. The molecule has 2 heterocycles. The number of para-hydroxylation sites is 2. The van der Waals surface area contributed by atoms with E-state index in [1.165, 1.54) is 0 Å². The number of nitrogens with zero attached hydrogens (tertiary/aromatic N) is 3. The molecule has 1 aromatic heterocycles. The van der Waals surface area contributed by atoms with Crippen LogP contribution in [0.1, 0.15) is 31.2 Å². The fourth-order valence-electron chi connectivity index (χ4n) is 4.20. The first-order valence-corrected chi connectivity index (χ1v) is 11.5. The van der Waals surface area contributed by atoms with Gasteiger partial charge in [-0.2, -0.15) is 0 Å². The van der Waals surface area contributed by atoms with Crippen molar-refractivity contribution in [2.45, 2.75) is 32.6 Å². The van der Waals surface area contributed by atoms with Gasteiger partial charge in [0.25, 0.3) is 0 Å². The molecule has 0 N–H and O–H groups in total. The van der Waals surface area contributed by atoms with Crippen LogP contribution in [0, 0.1) is 18.8 Å². The third-order valence-corrected chi connectivity index (χ3v) is 7.15. The van der Waals surface area contributed by atoms with Gasteiger partial charge in [-0.25, -0.2) is 4.98 Å². The maximum Gasteiger partial charge on any atom is 0.236 e. The quantitative estimate of drug-likeness (QED) is 0.603. The molecule has 1 saturated carbocycles. The molecular formula is C24H25N3O2S. The summed E-state index contributed by atoms with van der Waals surface area (Å²) in [4.78, 5) is 34.7. The van der Waals surface area contributed by atoms with Crippen LogP contribution < -0.4 is 4.90 Å². The number of anilines is 2. The zero-order valence-corrected chi connectivity index (χ0v) is 17.9. The molecule has 1 aliphatic carbocycles. The molecule has 2 aliphatic rings. The standard InChI is InChI=1S/C24H25N3O2S/c1-16-6-2-4-8-20(16)27(24-25-19-7-3-5-9-21(19)30-24)23(29)18-12-14-26(15-13-18)22(28)17-10-11-17/h2-9,17-18H,10-15H2,1H3. The summed E-state index contributed by atoms with van der Waals surface area (Å²) < 4.78 is 1.07. The van der Waals surface area contributed by atoms with Crippen molar-refractivity contribution in [1.29, 1.82) is 0 Å². The fraction of sp³-hybridized carbons (Fsp3) is 0.375. The van der Waals surface area contributed by atoms with Crippen molar-refractivity contribution in [1.82, 2.24) is 9.88 Å². The minimum atomic E-state index is -0.0973. The van der Waals surface area contributed by atoms with E-state index in [0.29, 0.717) is 31.1 Å². The van der Waals surface area contributed by atoms with Crippen LogP contribution >= 0.6 is 11.3 Å². The Morgan fingerprint density at radius 3 is 2.37 bits per heavy atom. The Balaban J connectivity index is 1.44. The average molecular weight is 420 g/mol. The van der Waals surface area contributed by atoms with E-state index in [0.717, 1.165) is 34.3 Å². The highest BCUT2D eigenvalue weighted by Gasteiger charge is 2.37. The SMILES string of the molecule is Cc1ccccc1N(C(=O)C1CCN(C(=O)C2CC2)CC1)c1nc2ccccc2s1. The van der Waals surface area contributed by atoms with Crippen LogP contribution in [0.15, 0.2) is 48.5 Å². The number of piperidine rings is 1. The number of hydrogen-bond donors (Lipinski definition) is 0.